The van der Waals surface area contributed by atoms with E-state index in [9.17, 15) is 0 Å². The third kappa shape index (κ3) is 4.50. The van der Waals surface area contributed by atoms with Crippen LogP contribution in [-0.2, 0) is 6.42 Å². The summed E-state index contributed by atoms with van der Waals surface area (Å²) < 4.78 is 1.05. The van der Waals surface area contributed by atoms with Crippen LogP contribution in [0.3, 0.4) is 0 Å². The second-order valence-electron chi connectivity index (χ2n) is 8.95. The minimum Gasteiger partial charge on any atom is -0.399 e. The molecule has 0 spiro atoms. The van der Waals surface area contributed by atoms with Gasteiger partial charge in [-0.25, -0.2) is 0 Å². The van der Waals surface area contributed by atoms with Gasteiger partial charge in [0.25, 0.3) is 0 Å². The van der Waals surface area contributed by atoms with Gasteiger partial charge in [-0.15, -0.1) is 0 Å². The number of hydrogen-bond donors (Lipinski definition) is 1. The predicted octanol–water partition coefficient (Wildman–Crippen LogP) is 3.43. The van der Waals surface area contributed by atoms with Crippen LogP contribution in [0.4, 0.5) is 11.4 Å². The van der Waals surface area contributed by atoms with Gasteiger partial charge in [0.2, 0.25) is 0 Å². The van der Waals surface area contributed by atoms with E-state index in [-0.39, 0.29) is 0 Å². The van der Waals surface area contributed by atoms with Crippen molar-refractivity contribution < 1.29 is 4.48 Å². The Bertz CT molecular complexity index is 514. The van der Waals surface area contributed by atoms with Crippen molar-refractivity contribution in [2.45, 2.75) is 44.6 Å². The first-order chi connectivity index (χ1) is 10.1. The van der Waals surface area contributed by atoms with Crippen molar-refractivity contribution in [3.8, 4) is 0 Å². The molecule has 22 heavy (non-hydrogen) atoms. The number of nitrogens with two attached hydrogens (primary N) is 1. The number of aryl methyl sites for hydroxylation is 1. The fraction of sp³-hybridized carbons (Fsp3) is 0.667. The van der Waals surface area contributed by atoms with Crippen LogP contribution >= 0.6 is 0 Å². The standard InChI is InChI=1S/C18H34N3Si/c1-21(2,3)17-9-11-20(14-17)16-7-8-18(19)15(13-16)10-12-22(4,5)6/h7-8,13,17H,9-12,14,19H2,1-6H3/q+1. The molecule has 0 aromatic heterocycles. The zero-order valence-electron chi connectivity index (χ0n) is 15.3. The molecule has 0 amide bonds. The molecule has 2 N–H and O–H groups in total. The highest BCUT2D eigenvalue weighted by Gasteiger charge is 2.32. The van der Waals surface area contributed by atoms with Gasteiger partial charge in [-0.1, -0.05) is 25.7 Å². The Balaban J connectivity index is 2.10. The van der Waals surface area contributed by atoms with Crippen LogP contribution in [0.1, 0.15) is 12.0 Å². The number of rotatable bonds is 5. The largest absolute Gasteiger partial charge is 0.399 e. The Kier molecular flexibility index (Phi) is 4.92. The summed E-state index contributed by atoms with van der Waals surface area (Å²) in [7, 11) is 5.89. The topological polar surface area (TPSA) is 29.3 Å². The van der Waals surface area contributed by atoms with Gasteiger partial charge in [-0.05, 0) is 30.2 Å². The summed E-state index contributed by atoms with van der Waals surface area (Å²) >= 11 is 0. The molecule has 0 aliphatic carbocycles. The second-order valence-corrected chi connectivity index (χ2v) is 14.6. The minimum atomic E-state index is -1.02. The van der Waals surface area contributed by atoms with E-state index in [1.807, 2.05) is 0 Å². The van der Waals surface area contributed by atoms with Gasteiger partial charge in [0.1, 0.15) is 6.04 Å². The molecule has 4 heteroatoms. The van der Waals surface area contributed by atoms with Crippen LogP contribution in [0.2, 0.25) is 25.7 Å². The third-order valence-electron chi connectivity index (χ3n) is 4.89. The molecule has 1 atom stereocenters. The molecular weight excluding hydrogens is 286 g/mol. The molecule has 2 rings (SSSR count). The lowest BCUT2D eigenvalue weighted by Gasteiger charge is -2.31. The summed E-state index contributed by atoms with van der Waals surface area (Å²) in [5.41, 5.74) is 9.87. The Hall–Kier alpha value is -1.00. The van der Waals surface area contributed by atoms with Gasteiger partial charge in [0, 0.05) is 32.4 Å². The summed E-state index contributed by atoms with van der Waals surface area (Å²) in [4.78, 5) is 2.53. The highest BCUT2D eigenvalue weighted by Crippen LogP contribution is 2.28. The van der Waals surface area contributed by atoms with Gasteiger partial charge in [-0.3, -0.25) is 0 Å². The number of quaternary nitrogens is 1. The molecule has 0 bridgehead atoms. The van der Waals surface area contributed by atoms with Crippen LogP contribution in [0.25, 0.3) is 0 Å². The normalized spacial score (nSPS) is 19.7. The number of benzene rings is 1. The van der Waals surface area contributed by atoms with Crippen LogP contribution in [0, 0.1) is 0 Å². The van der Waals surface area contributed by atoms with E-state index in [0.717, 1.165) is 35.7 Å². The van der Waals surface area contributed by atoms with E-state index in [2.05, 4.69) is 63.9 Å². The summed E-state index contributed by atoms with van der Waals surface area (Å²) in [6, 6.07) is 8.68. The number of nitrogen functional groups attached to an aromatic ring is 1. The number of anilines is 2. The van der Waals surface area contributed by atoms with E-state index in [4.69, 9.17) is 5.73 Å². The van der Waals surface area contributed by atoms with E-state index in [1.165, 1.54) is 23.7 Å². The van der Waals surface area contributed by atoms with Crippen LogP contribution in [0.15, 0.2) is 18.2 Å². The molecule has 124 valence electrons. The Morgan fingerprint density at radius 2 is 1.91 bits per heavy atom. The molecular formula is C18H34N3Si+. The van der Waals surface area contributed by atoms with E-state index in [1.54, 1.807) is 0 Å². The average molecular weight is 321 g/mol. The SMILES string of the molecule is C[N+](C)(C)C1CCN(c2ccc(N)c(CC[Si](C)(C)C)c2)C1. The molecule has 1 aliphatic rings. The maximum atomic E-state index is 6.21. The lowest BCUT2D eigenvalue weighted by atomic mass is 10.1. The predicted molar refractivity (Wildman–Crippen MR) is 101 cm³/mol. The maximum Gasteiger partial charge on any atom is 0.108 e. The summed E-state index contributed by atoms with van der Waals surface area (Å²) in [5, 5.41) is 0. The van der Waals surface area contributed by atoms with Crippen molar-refractivity contribution >= 4 is 19.4 Å². The monoisotopic (exact) mass is 320 g/mol. The van der Waals surface area contributed by atoms with E-state index in [0.29, 0.717) is 0 Å². The molecule has 1 aliphatic heterocycles. The summed E-state index contributed by atoms with van der Waals surface area (Å²) in [5.74, 6) is 0. The van der Waals surface area contributed by atoms with Crippen LogP contribution < -0.4 is 10.6 Å². The van der Waals surface area contributed by atoms with Crippen LogP contribution in [-0.4, -0.2) is 52.8 Å². The molecule has 1 saturated heterocycles. The lowest BCUT2D eigenvalue weighted by Crippen LogP contribution is -2.46. The first-order valence-corrected chi connectivity index (χ1v) is 12.2. The van der Waals surface area contributed by atoms with Gasteiger partial charge >= 0.3 is 0 Å². The van der Waals surface area contributed by atoms with Crippen molar-refractivity contribution in [2.75, 3.05) is 44.9 Å². The molecule has 1 aromatic rings. The molecule has 1 aromatic carbocycles. The minimum absolute atomic E-state index is 0.725. The molecule has 3 nitrogen and oxygen atoms in total. The number of likely N-dealkylation sites (N-methyl/N-ethyl adjacent to an activating group) is 1. The molecule has 0 radical (unpaired) electrons. The van der Waals surface area contributed by atoms with Crippen molar-refractivity contribution in [3.63, 3.8) is 0 Å². The smallest absolute Gasteiger partial charge is 0.108 e. The molecule has 1 heterocycles. The molecule has 0 saturated carbocycles. The van der Waals surface area contributed by atoms with Gasteiger partial charge in [-0.2, -0.15) is 0 Å². The Morgan fingerprint density at radius 1 is 1.23 bits per heavy atom. The average Bonchev–Trinajstić information content (AvgIpc) is 2.86. The maximum absolute atomic E-state index is 6.21. The quantitative estimate of drug-likeness (QED) is 0.511. The lowest BCUT2D eigenvalue weighted by molar-refractivity contribution is -0.893. The zero-order chi connectivity index (χ0) is 16.5. The van der Waals surface area contributed by atoms with Gasteiger partial charge in [0.05, 0.1) is 27.7 Å². The highest BCUT2D eigenvalue weighted by molar-refractivity contribution is 6.76. The van der Waals surface area contributed by atoms with E-state index < -0.39 is 8.07 Å². The third-order valence-corrected chi connectivity index (χ3v) is 6.64. The first kappa shape index (κ1) is 17.4. The van der Waals surface area contributed by atoms with Crippen molar-refractivity contribution in [1.82, 2.24) is 0 Å². The zero-order valence-corrected chi connectivity index (χ0v) is 16.3. The van der Waals surface area contributed by atoms with Crippen molar-refractivity contribution in [3.05, 3.63) is 23.8 Å². The fourth-order valence-electron chi connectivity index (χ4n) is 3.12. The van der Waals surface area contributed by atoms with Crippen molar-refractivity contribution in [1.29, 1.82) is 0 Å². The summed E-state index contributed by atoms with van der Waals surface area (Å²) in [6.45, 7) is 9.61. The number of hydrogen-bond acceptors (Lipinski definition) is 2. The van der Waals surface area contributed by atoms with E-state index >= 15 is 0 Å². The number of nitrogens with zero attached hydrogens (tertiary/aromatic N) is 2. The van der Waals surface area contributed by atoms with Crippen LogP contribution in [0.5, 0.6) is 0 Å². The van der Waals surface area contributed by atoms with Crippen molar-refractivity contribution in [2.24, 2.45) is 0 Å². The fourth-order valence-corrected chi connectivity index (χ4v) is 4.14. The Morgan fingerprint density at radius 3 is 2.45 bits per heavy atom. The molecule has 1 unspecified atom stereocenters. The van der Waals surface area contributed by atoms with Gasteiger partial charge < -0.3 is 15.1 Å². The molecule has 1 fully saturated rings. The Labute approximate surface area is 137 Å². The first-order valence-electron chi connectivity index (χ1n) is 8.51. The summed E-state index contributed by atoms with van der Waals surface area (Å²) in [6.07, 6.45) is 2.40. The highest BCUT2D eigenvalue weighted by atomic mass is 28.3. The van der Waals surface area contributed by atoms with Gasteiger partial charge in [0.15, 0.2) is 0 Å². The second kappa shape index (κ2) is 6.24.